The van der Waals surface area contributed by atoms with E-state index in [0.717, 1.165) is 54.7 Å². The first-order chi connectivity index (χ1) is 27.6. The summed E-state index contributed by atoms with van der Waals surface area (Å²) in [5, 5.41) is 26.1. The number of fused-ring (bicyclic) bond motifs is 1. The highest BCUT2D eigenvalue weighted by Gasteiger charge is 2.47. The number of hydrogen-bond donors (Lipinski definition) is 5. The van der Waals surface area contributed by atoms with E-state index in [1.54, 1.807) is 0 Å². The molecule has 28 heteroatoms. The topological polar surface area (TPSA) is 375 Å². The fourth-order valence-electron chi connectivity index (χ4n) is 5.35. The van der Waals surface area contributed by atoms with E-state index in [2.05, 4.69) is 50.4 Å². The Kier molecular flexibility index (Phi) is 19.7. The summed E-state index contributed by atoms with van der Waals surface area (Å²) >= 11 is 1.04. The normalized spacial score (nSPS) is 21.3. The molecule has 7 atom stereocenters. The van der Waals surface area contributed by atoms with E-state index in [1.807, 2.05) is 6.08 Å². The van der Waals surface area contributed by atoms with Crippen LogP contribution in [0.4, 0.5) is 5.82 Å². The second-order valence-corrected chi connectivity index (χ2v) is 18.9. The van der Waals surface area contributed by atoms with Crippen molar-refractivity contribution >= 4 is 69.1 Å². The van der Waals surface area contributed by atoms with E-state index in [1.165, 1.54) is 32.8 Å². The number of carbonyl (C=O) groups is 3. The molecule has 1 saturated heterocycles. The number of hydrogen-bond acceptors (Lipinski definition) is 22. The smallest absolute Gasteiger partial charge is 0.274 e. The summed E-state index contributed by atoms with van der Waals surface area (Å²) in [7, 11) is -17.6. The number of amides is 2. The molecule has 2 unspecified atom stereocenters. The van der Waals surface area contributed by atoms with E-state index in [-0.39, 0.29) is 41.6 Å². The Hall–Kier alpha value is -2.70. The number of nitrogens with zero attached hydrogens (tertiary/aromatic N) is 4. The first-order valence-electron chi connectivity index (χ1n) is 18.2. The Labute approximate surface area is 343 Å². The van der Waals surface area contributed by atoms with Gasteiger partial charge in [-0.1, -0.05) is 64.3 Å². The molecule has 1 fully saturated rings. The van der Waals surface area contributed by atoms with Crippen molar-refractivity contribution in [1.82, 2.24) is 30.2 Å². The van der Waals surface area contributed by atoms with Crippen molar-refractivity contribution in [2.75, 3.05) is 37.8 Å². The third-order valence-corrected chi connectivity index (χ3v) is 12.3. The van der Waals surface area contributed by atoms with Gasteiger partial charge >= 0.3 is 0 Å². The van der Waals surface area contributed by atoms with Crippen LogP contribution in [0.1, 0.15) is 71.9 Å². The summed E-state index contributed by atoms with van der Waals surface area (Å²) in [4.78, 5) is 96.2. The van der Waals surface area contributed by atoms with Gasteiger partial charge in [0.2, 0.25) is 16.9 Å². The highest BCUT2D eigenvalue weighted by atomic mass is 32.2. The minimum atomic E-state index is -5.91. The van der Waals surface area contributed by atoms with Crippen molar-refractivity contribution in [2.24, 2.45) is 5.41 Å². The number of phosphoric acid groups is 3. The number of ether oxygens (including phenoxy) is 1. The molecule has 1 aliphatic rings. The molecule has 0 aliphatic carbocycles. The van der Waals surface area contributed by atoms with Gasteiger partial charge in [-0.15, -0.1) is 0 Å². The lowest BCUT2D eigenvalue weighted by Crippen LogP contribution is -2.46. The lowest BCUT2D eigenvalue weighted by Gasteiger charge is -2.36. The number of phosphoric ester groups is 3. The average Bonchev–Trinajstić information content (AvgIpc) is 3.71. The minimum Gasteiger partial charge on any atom is -0.790 e. The molecule has 1 aliphatic heterocycles. The number of aromatic nitrogens is 4. The largest absolute Gasteiger partial charge is 0.790 e. The Morgan fingerprint density at radius 3 is 2.44 bits per heavy atom. The summed E-state index contributed by atoms with van der Waals surface area (Å²) in [5.41, 5.74) is 4.07. The summed E-state index contributed by atoms with van der Waals surface area (Å²) < 4.78 is 60.6. The van der Waals surface area contributed by atoms with Crippen LogP contribution in [-0.2, 0) is 50.7 Å². The molecule has 0 aromatic carbocycles. The molecule has 334 valence electrons. The molecule has 3 rings (SSSR count). The van der Waals surface area contributed by atoms with Gasteiger partial charge < -0.3 is 69.0 Å². The van der Waals surface area contributed by atoms with Gasteiger partial charge in [-0.3, -0.25) is 28.1 Å². The van der Waals surface area contributed by atoms with Crippen molar-refractivity contribution in [3.8, 4) is 0 Å². The van der Waals surface area contributed by atoms with Gasteiger partial charge in [0.05, 0.1) is 27.4 Å². The highest BCUT2D eigenvalue weighted by molar-refractivity contribution is 8.14. The maximum absolute atomic E-state index is 12.6. The van der Waals surface area contributed by atoms with Crippen LogP contribution in [-0.4, -0.2) is 103 Å². The summed E-state index contributed by atoms with van der Waals surface area (Å²) in [6.45, 7) is 2.25. The van der Waals surface area contributed by atoms with E-state index in [0.29, 0.717) is 5.75 Å². The molecular formula is C31H48N7O17P3S-4. The second-order valence-electron chi connectivity index (χ2n) is 13.8. The highest BCUT2D eigenvalue weighted by Crippen LogP contribution is 2.56. The summed E-state index contributed by atoms with van der Waals surface area (Å²) in [5.74, 6) is -1.21. The molecule has 0 bridgehead atoms. The third-order valence-electron chi connectivity index (χ3n) is 8.45. The van der Waals surface area contributed by atoms with Gasteiger partial charge in [-0.05, 0) is 18.9 Å². The number of allylic oxidation sites excluding steroid dienone is 1. The molecule has 24 nitrogen and oxygen atoms in total. The molecule has 3 heterocycles. The Balaban J connectivity index is 1.43. The monoisotopic (exact) mass is 915 g/mol. The molecule has 2 aromatic rings. The summed E-state index contributed by atoms with van der Waals surface area (Å²) in [6, 6.07) is 0. The predicted molar refractivity (Wildman–Crippen MR) is 201 cm³/mol. The van der Waals surface area contributed by atoms with Gasteiger partial charge in [0, 0.05) is 30.7 Å². The van der Waals surface area contributed by atoms with Gasteiger partial charge in [-0.25, -0.2) is 19.3 Å². The van der Waals surface area contributed by atoms with Gasteiger partial charge in [-0.2, -0.15) is 0 Å². The van der Waals surface area contributed by atoms with Crippen LogP contribution in [0.15, 0.2) is 24.8 Å². The first kappa shape index (κ1) is 50.7. The standard InChI is InChI=1S/C31H52N7O17P3S/c1-4-5-6-7-8-9-10-11-22(40)59-15-14-33-21(39)12-13-34-29(43)26(42)31(2,3)17-52-58(49,50)55-57(47,48)51-16-20-25(54-56(44,45)46)24(41)30(53-20)38-19-37-23-27(32)35-18-36-28(23)38/h10-11,18-20,24-26,30,41-42H,4-9,12-17H2,1-3H3,(H,33,39)(H,34,43)(H,47,48)(H,49,50)(H2,32,35,36)(H2,44,45,46)/p-4/b11-10+/t20-,24-,25-,26+,30-/m1/s1. The van der Waals surface area contributed by atoms with Crippen LogP contribution in [0.2, 0.25) is 0 Å². The molecule has 2 aromatic heterocycles. The second kappa shape index (κ2) is 22.9. The molecular weight excluding hydrogens is 867 g/mol. The van der Waals surface area contributed by atoms with Crippen LogP contribution in [0.3, 0.4) is 0 Å². The van der Waals surface area contributed by atoms with Gasteiger partial charge in [0.15, 0.2) is 17.7 Å². The maximum atomic E-state index is 12.6. The Morgan fingerprint density at radius 1 is 1.05 bits per heavy atom. The number of nitrogens with one attached hydrogen (secondary N) is 2. The fraction of sp³-hybridized carbons (Fsp3) is 0.677. The Morgan fingerprint density at radius 2 is 1.75 bits per heavy atom. The molecule has 2 amide bonds. The zero-order chi connectivity index (χ0) is 44.0. The number of anilines is 1. The van der Waals surface area contributed by atoms with E-state index < -0.39 is 84.6 Å². The maximum Gasteiger partial charge on any atom is 0.274 e. The number of unbranched alkanes of at least 4 members (excludes halogenated alkanes) is 5. The summed E-state index contributed by atoms with van der Waals surface area (Å²) in [6.07, 6.45) is 2.25. The number of thioether (sulfide) groups is 1. The number of nitrogen functional groups attached to an aromatic ring is 1. The number of imidazole rings is 1. The van der Waals surface area contributed by atoms with Crippen molar-refractivity contribution in [3.05, 3.63) is 24.8 Å². The zero-order valence-electron chi connectivity index (χ0n) is 32.3. The average molecular weight is 916 g/mol. The molecule has 6 N–H and O–H groups in total. The van der Waals surface area contributed by atoms with Crippen molar-refractivity contribution in [3.63, 3.8) is 0 Å². The number of rotatable bonds is 26. The quantitative estimate of drug-likeness (QED) is 0.0431. The van der Waals surface area contributed by atoms with Crippen molar-refractivity contribution in [1.29, 1.82) is 0 Å². The van der Waals surface area contributed by atoms with Gasteiger partial charge in [0.25, 0.3) is 15.6 Å². The lowest BCUT2D eigenvalue weighted by atomic mass is 9.87. The van der Waals surface area contributed by atoms with Crippen LogP contribution < -0.4 is 35.9 Å². The van der Waals surface area contributed by atoms with Crippen molar-refractivity contribution < 1.29 is 80.5 Å². The first-order valence-corrected chi connectivity index (χ1v) is 23.6. The molecule has 59 heavy (non-hydrogen) atoms. The SMILES string of the molecule is CCCCCCC/C=C/C(=O)SCCNC(=O)CCNC(=O)[C@H](O)C(C)(C)COP(=O)([O-])OP(=O)([O-])OC[C@H]1O[C@@H](n2cnc3c(N)ncnc32)[C@H](O)[C@@H]1OP(=O)([O-])[O-]. The molecule has 0 spiro atoms. The number of carbonyl (C=O) groups excluding carboxylic acids is 3. The molecule has 0 radical (unpaired) electrons. The van der Waals surface area contributed by atoms with Crippen LogP contribution in [0.5, 0.6) is 0 Å². The fourth-order valence-corrected chi connectivity index (χ4v) is 8.69. The van der Waals surface area contributed by atoms with Crippen LogP contribution >= 0.6 is 35.2 Å². The van der Waals surface area contributed by atoms with E-state index >= 15 is 0 Å². The van der Waals surface area contributed by atoms with Crippen LogP contribution in [0.25, 0.3) is 11.2 Å². The number of nitrogens with two attached hydrogens (primary N) is 1. The van der Waals surface area contributed by atoms with Crippen molar-refractivity contribution in [2.45, 2.75) is 96.4 Å². The minimum absolute atomic E-state index is 0.0205. The Bertz CT molecular complexity index is 1900. The zero-order valence-corrected chi connectivity index (χ0v) is 35.8. The van der Waals surface area contributed by atoms with E-state index in [9.17, 15) is 57.9 Å². The van der Waals surface area contributed by atoms with E-state index in [4.69, 9.17) is 10.5 Å². The van der Waals surface area contributed by atoms with Crippen LogP contribution in [0, 0.1) is 5.41 Å². The number of aliphatic hydroxyl groups is 2. The van der Waals surface area contributed by atoms with Gasteiger partial charge in [0.1, 0.15) is 36.3 Å². The predicted octanol–water partition coefficient (Wildman–Crippen LogP) is -0.947. The third kappa shape index (κ3) is 16.9. The molecule has 0 saturated carbocycles. The number of aliphatic hydroxyl groups excluding tert-OH is 2. The lowest BCUT2D eigenvalue weighted by molar-refractivity contribution is -0.347.